The average Bonchev–Trinajstić information content (AvgIpc) is 3.02. The average molecular weight is 299 g/mol. The van der Waals surface area contributed by atoms with Gasteiger partial charge >= 0.3 is 0 Å². The lowest BCUT2D eigenvalue weighted by atomic mass is 9.79. The number of imidazole rings is 1. The molecule has 1 spiro atoms. The number of nitrogens with zero attached hydrogens (tertiary/aromatic N) is 5. The maximum atomic E-state index is 5.77. The predicted octanol–water partition coefficient (Wildman–Crippen LogP) is 0.765. The van der Waals surface area contributed by atoms with Crippen molar-refractivity contribution in [2.45, 2.75) is 24.8 Å². The standard InChI is InChI=1S/C15H21N7/c1-21-7-3-11-13(19-10-18-11)15(21)4-8-22(9-5-15)14-17-6-2-12(16)20-14/h2,6,10H,3-5,7-9H2,1H3,(H,18,19)(H2,16,17,20). The van der Waals surface area contributed by atoms with E-state index in [0.717, 1.165) is 44.8 Å². The molecule has 4 rings (SSSR count). The SMILES string of the molecule is CN1CCc2[nH]cnc2C12CCN(c1nccc(N)n1)CC2. The first kappa shape index (κ1) is 13.5. The maximum Gasteiger partial charge on any atom is 0.227 e. The first-order chi connectivity index (χ1) is 10.7. The minimum absolute atomic E-state index is 0.0460. The molecule has 0 atom stereocenters. The molecule has 2 aromatic rings. The number of H-pyrrole nitrogens is 1. The number of hydrogen-bond donors (Lipinski definition) is 2. The van der Waals surface area contributed by atoms with Gasteiger partial charge in [-0.05, 0) is 26.0 Å². The summed E-state index contributed by atoms with van der Waals surface area (Å²) in [6.07, 6.45) is 6.66. The van der Waals surface area contributed by atoms with E-state index >= 15 is 0 Å². The summed E-state index contributed by atoms with van der Waals surface area (Å²) < 4.78 is 0. The molecule has 3 N–H and O–H groups in total. The van der Waals surface area contributed by atoms with Gasteiger partial charge in [0.1, 0.15) is 5.82 Å². The minimum atomic E-state index is 0.0460. The Kier molecular flexibility index (Phi) is 3.04. The molecular weight excluding hydrogens is 278 g/mol. The molecule has 0 aliphatic carbocycles. The number of nitrogen functional groups attached to an aromatic ring is 1. The van der Waals surface area contributed by atoms with Crippen molar-refractivity contribution in [3.05, 3.63) is 30.0 Å². The molecule has 7 nitrogen and oxygen atoms in total. The molecule has 2 aromatic heterocycles. The van der Waals surface area contributed by atoms with Gasteiger partial charge in [-0.15, -0.1) is 0 Å². The lowest BCUT2D eigenvalue weighted by Crippen LogP contribution is -2.55. The van der Waals surface area contributed by atoms with Gasteiger partial charge in [0.05, 0.1) is 17.6 Å². The van der Waals surface area contributed by atoms with Crippen LogP contribution >= 0.6 is 0 Å². The highest BCUT2D eigenvalue weighted by Gasteiger charge is 2.45. The Morgan fingerprint density at radius 1 is 1.23 bits per heavy atom. The second-order valence-electron chi connectivity index (χ2n) is 6.20. The van der Waals surface area contributed by atoms with E-state index in [2.05, 4.69) is 36.8 Å². The Bertz CT molecular complexity index is 672. The van der Waals surface area contributed by atoms with Crippen molar-refractivity contribution in [2.24, 2.45) is 0 Å². The van der Waals surface area contributed by atoms with E-state index in [-0.39, 0.29) is 5.54 Å². The van der Waals surface area contributed by atoms with Crippen LogP contribution < -0.4 is 10.6 Å². The van der Waals surface area contributed by atoms with E-state index in [1.54, 1.807) is 12.3 Å². The van der Waals surface area contributed by atoms with Crippen LogP contribution in [0.1, 0.15) is 24.2 Å². The van der Waals surface area contributed by atoms with Gasteiger partial charge < -0.3 is 15.6 Å². The highest BCUT2D eigenvalue weighted by atomic mass is 15.3. The number of fused-ring (bicyclic) bond motifs is 2. The van der Waals surface area contributed by atoms with E-state index in [4.69, 9.17) is 5.73 Å². The smallest absolute Gasteiger partial charge is 0.227 e. The van der Waals surface area contributed by atoms with Gasteiger partial charge in [0.2, 0.25) is 5.95 Å². The third kappa shape index (κ3) is 1.96. The zero-order chi connectivity index (χ0) is 15.2. The van der Waals surface area contributed by atoms with Gasteiger partial charge in [-0.25, -0.2) is 9.97 Å². The molecule has 0 unspecified atom stereocenters. The van der Waals surface area contributed by atoms with E-state index in [9.17, 15) is 0 Å². The monoisotopic (exact) mass is 299 g/mol. The van der Waals surface area contributed by atoms with Crippen LogP contribution in [0.15, 0.2) is 18.6 Å². The highest BCUT2D eigenvalue weighted by Crippen LogP contribution is 2.41. The van der Waals surface area contributed by atoms with Crippen molar-refractivity contribution in [1.82, 2.24) is 24.8 Å². The quantitative estimate of drug-likeness (QED) is 0.808. The Hall–Kier alpha value is -2.15. The molecule has 116 valence electrons. The number of aromatic nitrogens is 4. The van der Waals surface area contributed by atoms with E-state index in [1.165, 1.54) is 11.4 Å². The van der Waals surface area contributed by atoms with Crippen LogP contribution in [0, 0.1) is 0 Å². The third-order valence-corrected chi connectivity index (χ3v) is 5.12. The molecule has 1 saturated heterocycles. The summed E-state index contributed by atoms with van der Waals surface area (Å²) in [6, 6.07) is 1.72. The normalized spacial score (nSPS) is 21.0. The Labute approximate surface area is 129 Å². The molecule has 1 fully saturated rings. The predicted molar refractivity (Wildman–Crippen MR) is 84.5 cm³/mol. The first-order valence-corrected chi connectivity index (χ1v) is 7.76. The molecule has 4 heterocycles. The topological polar surface area (TPSA) is 87.0 Å². The second-order valence-corrected chi connectivity index (χ2v) is 6.20. The number of piperidine rings is 1. The van der Waals surface area contributed by atoms with Crippen LogP contribution in [0.3, 0.4) is 0 Å². The zero-order valence-corrected chi connectivity index (χ0v) is 12.8. The van der Waals surface area contributed by atoms with Crippen LogP contribution in [-0.2, 0) is 12.0 Å². The summed E-state index contributed by atoms with van der Waals surface area (Å²) in [5.74, 6) is 1.25. The summed E-state index contributed by atoms with van der Waals surface area (Å²) in [4.78, 5) is 21.3. The molecule has 7 heteroatoms. The van der Waals surface area contributed by atoms with Crippen molar-refractivity contribution in [3.8, 4) is 0 Å². The van der Waals surface area contributed by atoms with Crippen LogP contribution in [0.5, 0.6) is 0 Å². The number of anilines is 2. The molecule has 0 radical (unpaired) electrons. The van der Waals surface area contributed by atoms with Crippen molar-refractivity contribution in [2.75, 3.05) is 37.3 Å². The minimum Gasteiger partial charge on any atom is -0.384 e. The fourth-order valence-electron chi connectivity index (χ4n) is 3.80. The fraction of sp³-hybridized carbons (Fsp3) is 0.533. The number of likely N-dealkylation sites (N-methyl/N-ethyl adjacent to an activating group) is 1. The number of rotatable bonds is 1. The second kappa shape index (κ2) is 4.95. The summed E-state index contributed by atoms with van der Waals surface area (Å²) in [6.45, 7) is 2.91. The summed E-state index contributed by atoms with van der Waals surface area (Å²) >= 11 is 0. The molecule has 2 aliphatic rings. The van der Waals surface area contributed by atoms with Crippen LogP contribution in [0.4, 0.5) is 11.8 Å². The summed E-state index contributed by atoms with van der Waals surface area (Å²) in [5.41, 5.74) is 8.35. The van der Waals surface area contributed by atoms with Crippen molar-refractivity contribution in [3.63, 3.8) is 0 Å². The van der Waals surface area contributed by atoms with Crippen LogP contribution in [0.25, 0.3) is 0 Å². The van der Waals surface area contributed by atoms with Crippen molar-refractivity contribution in [1.29, 1.82) is 0 Å². The van der Waals surface area contributed by atoms with Crippen LogP contribution in [0.2, 0.25) is 0 Å². The van der Waals surface area contributed by atoms with Gasteiger partial charge in [0, 0.05) is 37.9 Å². The highest BCUT2D eigenvalue weighted by molar-refractivity contribution is 5.39. The van der Waals surface area contributed by atoms with Crippen LogP contribution in [-0.4, -0.2) is 51.5 Å². The zero-order valence-electron chi connectivity index (χ0n) is 12.8. The number of nitrogens with one attached hydrogen (secondary N) is 1. The van der Waals surface area contributed by atoms with Gasteiger partial charge in [0.15, 0.2) is 0 Å². The maximum absolute atomic E-state index is 5.77. The van der Waals surface area contributed by atoms with Crippen molar-refractivity contribution >= 4 is 11.8 Å². The molecule has 0 saturated carbocycles. The lowest BCUT2D eigenvalue weighted by molar-refractivity contribution is 0.0710. The van der Waals surface area contributed by atoms with E-state index < -0.39 is 0 Å². The Morgan fingerprint density at radius 3 is 2.82 bits per heavy atom. The largest absolute Gasteiger partial charge is 0.384 e. The molecule has 0 amide bonds. The number of hydrogen-bond acceptors (Lipinski definition) is 6. The third-order valence-electron chi connectivity index (χ3n) is 5.12. The van der Waals surface area contributed by atoms with Gasteiger partial charge in [-0.3, -0.25) is 4.90 Å². The number of nitrogens with two attached hydrogens (primary N) is 1. The first-order valence-electron chi connectivity index (χ1n) is 7.76. The summed E-state index contributed by atoms with van der Waals surface area (Å²) in [5, 5.41) is 0. The van der Waals surface area contributed by atoms with Gasteiger partial charge in [0.25, 0.3) is 0 Å². The molecule has 2 aliphatic heterocycles. The Morgan fingerprint density at radius 2 is 2.05 bits per heavy atom. The summed E-state index contributed by atoms with van der Waals surface area (Å²) in [7, 11) is 2.21. The number of aromatic amines is 1. The van der Waals surface area contributed by atoms with E-state index in [1.807, 2.05) is 6.33 Å². The van der Waals surface area contributed by atoms with Crippen molar-refractivity contribution < 1.29 is 0 Å². The van der Waals surface area contributed by atoms with Gasteiger partial charge in [-0.1, -0.05) is 0 Å². The van der Waals surface area contributed by atoms with E-state index in [0.29, 0.717) is 5.82 Å². The fourth-order valence-corrected chi connectivity index (χ4v) is 3.80. The Balaban J connectivity index is 1.59. The van der Waals surface area contributed by atoms with Gasteiger partial charge in [-0.2, -0.15) is 4.98 Å². The molecule has 22 heavy (non-hydrogen) atoms. The molecule has 0 aromatic carbocycles. The molecule has 0 bridgehead atoms. The lowest BCUT2D eigenvalue weighted by Gasteiger charge is -2.49. The molecular formula is C15H21N7.